The molecular weight excluding hydrogens is 433 g/mol. The fourth-order valence-electron chi connectivity index (χ4n) is 5.22. The number of rotatable bonds is 5. The number of piperidine rings is 3. The van der Waals surface area contributed by atoms with Gasteiger partial charge in [0.2, 0.25) is 15.9 Å². The van der Waals surface area contributed by atoms with Gasteiger partial charge in [0.15, 0.2) is 11.6 Å². The minimum Gasteiger partial charge on any atom is -0.487 e. The van der Waals surface area contributed by atoms with E-state index in [0.717, 1.165) is 51.9 Å². The van der Waals surface area contributed by atoms with Crippen LogP contribution in [0.2, 0.25) is 0 Å². The summed E-state index contributed by atoms with van der Waals surface area (Å²) in [5.41, 5.74) is 0. The van der Waals surface area contributed by atoms with Crippen LogP contribution in [-0.4, -0.2) is 86.1 Å². The molecule has 3 fully saturated rings. The summed E-state index contributed by atoms with van der Waals surface area (Å²) in [5, 5.41) is 0. The number of carbonyl (C=O) groups excluding carboxylic acids is 1. The Kier molecular flexibility index (Phi) is 7.37. The molecule has 0 spiro atoms. The molecule has 3 aliphatic heterocycles. The zero-order valence-electron chi connectivity index (χ0n) is 18.8. The monoisotopic (exact) mass is 467 g/mol. The van der Waals surface area contributed by atoms with Crippen molar-refractivity contribution in [2.45, 2.75) is 50.7 Å². The lowest BCUT2D eigenvalue weighted by atomic mass is 9.94. The van der Waals surface area contributed by atoms with E-state index in [2.05, 4.69) is 4.90 Å². The number of sulfonamides is 1. The smallest absolute Gasteiger partial charge is 0.225 e. The van der Waals surface area contributed by atoms with Gasteiger partial charge in [-0.1, -0.05) is 12.1 Å². The van der Waals surface area contributed by atoms with Gasteiger partial charge in [0.1, 0.15) is 6.10 Å². The number of benzene rings is 1. The molecule has 0 N–H and O–H groups in total. The van der Waals surface area contributed by atoms with Gasteiger partial charge >= 0.3 is 0 Å². The van der Waals surface area contributed by atoms with Gasteiger partial charge in [0.25, 0.3) is 0 Å². The lowest BCUT2D eigenvalue weighted by Gasteiger charge is -2.42. The second-order valence-electron chi connectivity index (χ2n) is 9.28. The van der Waals surface area contributed by atoms with Crippen molar-refractivity contribution in [2.24, 2.45) is 5.92 Å². The summed E-state index contributed by atoms with van der Waals surface area (Å²) >= 11 is 0. The fraction of sp³-hybridized carbons (Fsp3) is 0.696. The summed E-state index contributed by atoms with van der Waals surface area (Å²) in [7, 11) is -3.17. The number of likely N-dealkylation sites (tertiary alicyclic amines) is 2. The Hall–Kier alpha value is -1.71. The van der Waals surface area contributed by atoms with Gasteiger partial charge < -0.3 is 9.64 Å². The van der Waals surface area contributed by atoms with Crippen LogP contribution in [0, 0.1) is 11.7 Å². The normalized spacial score (nSPS) is 23.4. The maximum absolute atomic E-state index is 13.8. The molecule has 9 heteroatoms. The van der Waals surface area contributed by atoms with E-state index >= 15 is 0 Å². The number of para-hydroxylation sites is 1. The molecule has 1 amide bonds. The van der Waals surface area contributed by atoms with Gasteiger partial charge in [-0.2, -0.15) is 0 Å². The average molecular weight is 468 g/mol. The van der Waals surface area contributed by atoms with Gasteiger partial charge in [-0.05, 0) is 50.7 Å². The molecule has 0 saturated carbocycles. The maximum atomic E-state index is 13.8. The summed E-state index contributed by atoms with van der Waals surface area (Å²) < 4.78 is 44.5. The van der Waals surface area contributed by atoms with Crippen LogP contribution in [0.25, 0.3) is 0 Å². The Bertz CT molecular complexity index is 888. The van der Waals surface area contributed by atoms with Crippen molar-refractivity contribution in [2.75, 3.05) is 45.5 Å². The molecule has 1 aromatic rings. The van der Waals surface area contributed by atoms with Gasteiger partial charge in [0.05, 0.1) is 6.26 Å². The van der Waals surface area contributed by atoms with E-state index in [1.54, 1.807) is 18.2 Å². The van der Waals surface area contributed by atoms with E-state index in [-0.39, 0.29) is 23.7 Å². The summed E-state index contributed by atoms with van der Waals surface area (Å²) in [5.74, 6) is 0.151. The molecule has 3 saturated heterocycles. The van der Waals surface area contributed by atoms with Crippen molar-refractivity contribution in [3.63, 3.8) is 0 Å². The topological polar surface area (TPSA) is 70.2 Å². The molecule has 3 heterocycles. The summed E-state index contributed by atoms with van der Waals surface area (Å²) in [6.45, 7) is 4.28. The molecule has 1 aromatic carbocycles. The molecule has 0 atom stereocenters. The highest BCUT2D eigenvalue weighted by atomic mass is 32.2. The van der Waals surface area contributed by atoms with Crippen LogP contribution in [-0.2, 0) is 14.8 Å². The molecular formula is C23H34FN3O4S. The number of ether oxygens (including phenoxy) is 1. The minimum atomic E-state index is -3.17. The zero-order valence-corrected chi connectivity index (χ0v) is 19.6. The van der Waals surface area contributed by atoms with Crippen molar-refractivity contribution < 1.29 is 22.3 Å². The highest BCUT2D eigenvalue weighted by Crippen LogP contribution is 2.27. The first-order chi connectivity index (χ1) is 15.3. The Balaban J connectivity index is 1.19. The lowest BCUT2D eigenvalue weighted by molar-refractivity contribution is -0.138. The molecule has 4 rings (SSSR count). The Morgan fingerprint density at radius 2 is 1.56 bits per heavy atom. The molecule has 0 bridgehead atoms. The molecule has 32 heavy (non-hydrogen) atoms. The molecule has 0 unspecified atom stereocenters. The van der Waals surface area contributed by atoms with Crippen LogP contribution in [0.5, 0.6) is 5.75 Å². The van der Waals surface area contributed by atoms with Crippen LogP contribution in [0.3, 0.4) is 0 Å². The first-order valence-corrected chi connectivity index (χ1v) is 13.6. The van der Waals surface area contributed by atoms with Crippen molar-refractivity contribution in [1.82, 2.24) is 14.1 Å². The van der Waals surface area contributed by atoms with Crippen molar-refractivity contribution in [3.8, 4) is 5.75 Å². The first-order valence-electron chi connectivity index (χ1n) is 11.7. The van der Waals surface area contributed by atoms with E-state index in [0.29, 0.717) is 37.7 Å². The van der Waals surface area contributed by atoms with Gasteiger partial charge in [0, 0.05) is 51.2 Å². The molecule has 0 radical (unpaired) electrons. The third kappa shape index (κ3) is 5.61. The standard InChI is InChI=1S/C23H34FN3O4S/c1-32(29,30)27-16-6-18(7-17-27)23(28)26-12-8-19(9-13-26)25-14-10-20(11-15-25)31-22-5-3-2-4-21(22)24/h2-5,18-20H,6-17H2,1H3. The van der Waals surface area contributed by atoms with E-state index in [1.807, 2.05) is 4.90 Å². The van der Waals surface area contributed by atoms with Crippen LogP contribution >= 0.6 is 0 Å². The average Bonchev–Trinajstić information content (AvgIpc) is 2.80. The third-order valence-electron chi connectivity index (χ3n) is 7.17. The number of hydrogen-bond donors (Lipinski definition) is 0. The third-order valence-corrected chi connectivity index (χ3v) is 8.47. The van der Waals surface area contributed by atoms with Gasteiger partial charge in [-0.25, -0.2) is 17.1 Å². The number of amides is 1. The number of carbonyl (C=O) groups is 1. The molecule has 0 aliphatic carbocycles. The Morgan fingerprint density at radius 3 is 2.16 bits per heavy atom. The fourth-order valence-corrected chi connectivity index (χ4v) is 6.10. The van der Waals surface area contributed by atoms with Crippen molar-refractivity contribution in [3.05, 3.63) is 30.1 Å². The zero-order chi connectivity index (χ0) is 22.7. The quantitative estimate of drug-likeness (QED) is 0.665. The Labute approximate surface area is 190 Å². The van der Waals surface area contributed by atoms with Crippen LogP contribution in [0.15, 0.2) is 24.3 Å². The van der Waals surface area contributed by atoms with E-state index in [9.17, 15) is 17.6 Å². The minimum absolute atomic E-state index is 0.0441. The highest BCUT2D eigenvalue weighted by molar-refractivity contribution is 7.88. The second-order valence-corrected chi connectivity index (χ2v) is 11.3. The lowest BCUT2D eigenvalue weighted by Crippen LogP contribution is -2.51. The van der Waals surface area contributed by atoms with Crippen LogP contribution < -0.4 is 4.74 Å². The van der Waals surface area contributed by atoms with E-state index in [4.69, 9.17) is 4.74 Å². The highest BCUT2D eigenvalue weighted by Gasteiger charge is 2.34. The predicted molar refractivity (Wildman–Crippen MR) is 120 cm³/mol. The van der Waals surface area contributed by atoms with E-state index < -0.39 is 10.0 Å². The number of halogens is 1. The van der Waals surface area contributed by atoms with Crippen LogP contribution in [0.4, 0.5) is 4.39 Å². The van der Waals surface area contributed by atoms with Crippen LogP contribution in [0.1, 0.15) is 38.5 Å². The maximum Gasteiger partial charge on any atom is 0.225 e. The summed E-state index contributed by atoms with van der Waals surface area (Å²) in [6.07, 6.45) is 6.19. The molecule has 7 nitrogen and oxygen atoms in total. The molecule has 3 aliphatic rings. The van der Waals surface area contributed by atoms with Crippen molar-refractivity contribution >= 4 is 15.9 Å². The number of nitrogens with zero attached hydrogens (tertiary/aromatic N) is 3. The SMILES string of the molecule is CS(=O)(=O)N1CCC(C(=O)N2CCC(N3CCC(Oc4ccccc4F)CC3)CC2)CC1. The molecule has 178 valence electrons. The Morgan fingerprint density at radius 1 is 0.938 bits per heavy atom. The number of hydrogen-bond acceptors (Lipinski definition) is 5. The second kappa shape index (κ2) is 10.1. The first kappa shape index (κ1) is 23.4. The van der Waals surface area contributed by atoms with Gasteiger partial charge in [-0.3, -0.25) is 9.69 Å². The van der Waals surface area contributed by atoms with Gasteiger partial charge in [-0.15, -0.1) is 0 Å². The largest absolute Gasteiger partial charge is 0.487 e. The predicted octanol–water partition coefficient (Wildman–Crippen LogP) is 2.33. The van der Waals surface area contributed by atoms with E-state index in [1.165, 1.54) is 16.6 Å². The molecule has 0 aromatic heterocycles. The van der Waals surface area contributed by atoms with Crippen molar-refractivity contribution in [1.29, 1.82) is 0 Å². The summed E-state index contributed by atoms with van der Waals surface area (Å²) in [4.78, 5) is 17.4. The summed E-state index contributed by atoms with van der Waals surface area (Å²) in [6, 6.07) is 7.03.